The highest BCUT2D eigenvalue weighted by Crippen LogP contribution is 2.35. The Labute approximate surface area is 187 Å². The molecule has 0 atom stereocenters. The van der Waals surface area contributed by atoms with Crippen LogP contribution in [0.15, 0.2) is 4.99 Å². The Morgan fingerprint density at radius 3 is 2.44 bits per heavy atom. The third kappa shape index (κ3) is 10.0. The fourth-order valence-electron chi connectivity index (χ4n) is 3.77. The van der Waals surface area contributed by atoms with Crippen LogP contribution in [0.5, 0.6) is 0 Å². The van der Waals surface area contributed by atoms with Gasteiger partial charge in [0.25, 0.3) is 0 Å². The van der Waals surface area contributed by atoms with Gasteiger partial charge in [0.05, 0.1) is 19.3 Å². The average molecular weight is 514 g/mol. The Hall–Kier alpha value is 0.270. The van der Waals surface area contributed by atoms with Gasteiger partial charge in [0.2, 0.25) is 0 Å². The molecule has 27 heavy (non-hydrogen) atoms. The third-order valence-electron chi connectivity index (χ3n) is 5.27. The molecule has 1 saturated heterocycles. The first kappa shape index (κ1) is 25.3. The number of hydrogen-bond donors (Lipinski definition) is 2. The molecule has 7 heteroatoms. The lowest BCUT2D eigenvalue weighted by Gasteiger charge is -2.35. The summed E-state index contributed by atoms with van der Waals surface area (Å²) in [4.78, 5) is 4.89. The quantitative estimate of drug-likeness (QED) is 0.159. The topological polar surface area (TPSA) is 54.9 Å². The number of rotatable bonds is 9. The van der Waals surface area contributed by atoms with E-state index in [2.05, 4.69) is 24.5 Å². The van der Waals surface area contributed by atoms with Crippen LogP contribution in [0.3, 0.4) is 0 Å². The number of nitrogens with one attached hydrogen (secondary N) is 2. The first-order chi connectivity index (χ1) is 12.8. The van der Waals surface area contributed by atoms with Crippen LogP contribution in [-0.4, -0.2) is 62.0 Å². The van der Waals surface area contributed by atoms with Crippen molar-refractivity contribution in [3.05, 3.63) is 0 Å². The fourth-order valence-corrected chi connectivity index (χ4v) is 4.99. The maximum Gasteiger partial charge on any atom is 0.191 e. The van der Waals surface area contributed by atoms with Gasteiger partial charge in [-0.15, -0.1) is 24.0 Å². The molecule has 0 radical (unpaired) electrons. The molecule has 1 heterocycles. The van der Waals surface area contributed by atoms with Crippen LogP contribution in [-0.2, 0) is 9.47 Å². The number of ether oxygens (including phenoxy) is 2. The average Bonchev–Trinajstić information content (AvgIpc) is 2.93. The number of aliphatic imine (C=N–C) groups is 1. The molecule has 0 bridgehead atoms. The molecule has 0 aromatic rings. The molecular formula is C20H40IN3O2S. The minimum atomic E-state index is 0. The SMILES string of the molecule is CCNC(=NCC1(SCC)CCOCC1)NCCOC1CCCCCC1.I. The minimum Gasteiger partial charge on any atom is -0.381 e. The molecule has 2 N–H and O–H groups in total. The second-order valence-electron chi connectivity index (χ2n) is 7.33. The maximum absolute atomic E-state index is 6.08. The van der Waals surface area contributed by atoms with E-state index >= 15 is 0 Å². The largest absolute Gasteiger partial charge is 0.381 e. The van der Waals surface area contributed by atoms with Gasteiger partial charge in [-0.3, -0.25) is 4.99 Å². The molecule has 1 aliphatic heterocycles. The lowest BCUT2D eigenvalue weighted by molar-refractivity contribution is 0.0468. The van der Waals surface area contributed by atoms with E-state index in [4.69, 9.17) is 14.5 Å². The normalized spacial score (nSPS) is 21.2. The van der Waals surface area contributed by atoms with E-state index < -0.39 is 0 Å². The highest BCUT2D eigenvalue weighted by atomic mass is 127. The van der Waals surface area contributed by atoms with Gasteiger partial charge in [-0.2, -0.15) is 11.8 Å². The lowest BCUT2D eigenvalue weighted by atomic mass is 9.99. The van der Waals surface area contributed by atoms with Gasteiger partial charge in [0.15, 0.2) is 5.96 Å². The second kappa shape index (κ2) is 15.2. The summed E-state index contributed by atoms with van der Waals surface area (Å²) in [6.07, 6.45) is 10.5. The number of guanidine groups is 1. The van der Waals surface area contributed by atoms with Gasteiger partial charge in [0, 0.05) is 31.1 Å². The van der Waals surface area contributed by atoms with E-state index in [0.717, 1.165) is 64.0 Å². The van der Waals surface area contributed by atoms with E-state index in [1.165, 1.54) is 38.5 Å². The maximum atomic E-state index is 6.08. The first-order valence-corrected chi connectivity index (χ1v) is 11.6. The molecular weight excluding hydrogens is 473 g/mol. The summed E-state index contributed by atoms with van der Waals surface area (Å²) in [7, 11) is 0. The molecule has 0 amide bonds. The van der Waals surface area contributed by atoms with Gasteiger partial charge < -0.3 is 20.1 Å². The monoisotopic (exact) mass is 513 g/mol. The van der Waals surface area contributed by atoms with E-state index in [-0.39, 0.29) is 28.7 Å². The van der Waals surface area contributed by atoms with Crippen LogP contribution in [0.4, 0.5) is 0 Å². The van der Waals surface area contributed by atoms with Gasteiger partial charge in [-0.25, -0.2) is 0 Å². The Kier molecular flexibility index (Phi) is 14.2. The molecule has 0 aromatic heterocycles. The van der Waals surface area contributed by atoms with Crippen molar-refractivity contribution in [1.82, 2.24) is 10.6 Å². The van der Waals surface area contributed by atoms with Gasteiger partial charge in [0.1, 0.15) is 0 Å². The van der Waals surface area contributed by atoms with E-state index in [1.807, 2.05) is 11.8 Å². The van der Waals surface area contributed by atoms with Crippen molar-refractivity contribution >= 4 is 41.7 Å². The summed E-state index contributed by atoms with van der Waals surface area (Å²) in [5.41, 5.74) is 0. The minimum absolute atomic E-state index is 0. The van der Waals surface area contributed by atoms with Gasteiger partial charge in [-0.05, 0) is 38.4 Å². The predicted molar refractivity (Wildman–Crippen MR) is 128 cm³/mol. The summed E-state index contributed by atoms with van der Waals surface area (Å²) in [6.45, 7) is 9.39. The zero-order valence-electron chi connectivity index (χ0n) is 17.3. The van der Waals surface area contributed by atoms with Crippen LogP contribution in [0.1, 0.15) is 65.2 Å². The first-order valence-electron chi connectivity index (χ1n) is 10.6. The number of halogens is 1. The Bertz CT molecular complexity index is 393. The van der Waals surface area contributed by atoms with Crippen LogP contribution < -0.4 is 10.6 Å². The summed E-state index contributed by atoms with van der Waals surface area (Å²) in [5, 5.41) is 6.82. The summed E-state index contributed by atoms with van der Waals surface area (Å²) >= 11 is 2.04. The molecule has 2 fully saturated rings. The molecule has 2 rings (SSSR count). The lowest BCUT2D eigenvalue weighted by Crippen LogP contribution is -2.42. The molecule has 0 aromatic carbocycles. The molecule has 2 aliphatic rings. The highest BCUT2D eigenvalue weighted by Gasteiger charge is 2.32. The molecule has 5 nitrogen and oxygen atoms in total. The number of hydrogen-bond acceptors (Lipinski definition) is 4. The van der Waals surface area contributed by atoms with E-state index in [0.29, 0.717) is 6.10 Å². The standard InChI is InChI=1S/C20H39N3O2S.HI/c1-3-21-19(22-13-16-25-18-9-7-5-6-8-10-18)23-17-20(26-4-2)11-14-24-15-12-20;/h18H,3-17H2,1-2H3,(H2,21,22,23);1H. The Morgan fingerprint density at radius 2 is 1.81 bits per heavy atom. The van der Waals surface area contributed by atoms with Crippen molar-refractivity contribution in [2.75, 3.05) is 45.2 Å². The highest BCUT2D eigenvalue weighted by molar-refractivity contribution is 14.0. The van der Waals surface area contributed by atoms with E-state index in [1.54, 1.807) is 0 Å². The van der Waals surface area contributed by atoms with Crippen LogP contribution in [0.25, 0.3) is 0 Å². The van der Waals surface area contributed by atoms with Crippen LogP contribution in [0, 0.1) is 0 Å². The second-order valence-corrected chi connectivity index (χ2v) is 9.07. The zero-order chi connectivity index (χ0) is 18.5. The van der Waals surface area contributed by atoms with Crippen molar-refractivity contribution < 1.29 is 9.47 Å². The van der Waals surface area contributed by atoms with Gasteiger partial charge in [-0.1, -0.05) is 32.6 Å². The molecule has 0 spiro atoms. The van der Waals surface area contributed by atoms with Crippen molar-refractivity contribution in [1.29, 1.82) is 0 Å². The van der Waals surface area contributed by atoms with Crippen LogP contribution in [0.2, 0.25) is 0 Å². The predicted octanol–water partition coefficient (Wildman–Crippen LogP) is 4.20. The molecule has 160 valence electrons. The number of thioether (sulfide) groups is 1. The van der Waals surface area contributed by atoms with Crippen molar-refractivity contribution in [3.8, 4) is 0 Å². The van der Waals surface area contributed by atoms with Crippen molar-refractivity contribution in [3.63, 3.8) is 0 Å². The summed E-state index contributed by atoms with van der Waals surface area (Å²) in [6, 6.07) is 0. The summed E-state index contributed by atoms with van der Waals surface area (Å²) in [5.74, 6) is 2.05. The van der Waals surface area contributed by atoms with Crippen molar-refractivity contribution in [2.45, 2.75) is 76.1 Å². The molecule has 1 aliphatic carbocycles. The Balaban J connectivity index is 0.00000364. The Morgan fingerprint density at radius 1 is 1.11 bits per heavy atom. The summed E-state index contributed by atoms with van der Waals surface area (Å²) < 4.78 is 11.9. The van der Waals surface area contributed by atoms with Crippen molar-refractivity contribution in [2.24, 2.45) is 4.99 Å². The number of nitrogens with zero attached hydrogens (tertiary/aromatic N) is 1. The zero-order valence-corrected chi connectivity index (χ0v) is 20.4. The molecule has 1 saturated carbocycles. The van der Waals surface area contributed by atoms with Crippen LogP contribution >= 0.6 is 35.7 Å². The fraction of sp³-hybridized carbons (Fsp3) is 0.950. The van der Waals surface area contributed by atoms with E-state index in [9.17, 15) is 0 Å². The van der Waals surface area contributed by atoms with Gasteiger partial charge >= 0.3 is 0 Å². The smallest absolute Gasteiger partial charge is 0.191 e. The molecule has 0 unspecified atom stereocenters. The third-order valence-corrected chi connectivity index (χ3v) is 6.71.